The van der Waals surface area contributed by atoms with Gasteiger partial charge >= 0.3 is 0 Å². The minimum atomic E-state index is -0.368. The van der Waals surface area contributed by atoms with Gasteiger partial charge in [0.05, 0.1) is 12.5 Å². The van der Waals surface area contributed by atoms with E-state index < -0.39 is 0 Å². The third-order valence-corrected chi connectivity index (χ3v) is 22.6. The molecule has 2 aliphatic heterocycles. The second-order valence-corrected chi connectivity index (χ2v) is 28.5. The van der Waals surface area contributed by atoms with Crippen molar-refractivity contribution in [3.63, 3.8) is 0 Å². The van der Waals surface area contributed by atoms with Crippen molar-refractivity contribution in [1.82, 2.24) is 0 Å². The summed E-state index contributed by atoms with van der Waals surface area (Å²) in [5, 5.41) is 1.30. The van der Waals surface area contributed by atoms with Crippen molar-refractivity contribution in [2.24, 2.45) is 0 Å². The Morgan fingerprint density at radius 1 is 0.486 bits per heavy atom. The fraction of sp³-hybridized carbons (Fsp3) is 0.441. The van der Waals surface area contributed by atoms with E-state index in [1.807, 2.05) is 11.3 Å². The van der Waals surface area contributed by atoms with Crippen LogP contribution in [0, 0.1) is 0 Å². The molecule has 0 unspecified atom stereocenters. The van der Waals surface area contributed by atoms with Crippen LogP contribution in [0.15, 0.2) is 103 Å². The lowest BCUT2D eigenvalue weighted by atomic mass is 9.35. The number of anilines is 6. The monoisotopic (exact) mass is 966 g/mol. The molecule has 8 aliphatic carbocycles. The first-order valence-corrected chi connectivity index (χ1v) is 28.7. The average molecular weight is 966 g/mol. The highest BCUT2D eigenvalue weighted by atomic mass is 32.1. The summed E-state index contributed by atoms with van der Waals surface area (Å²) in [5.74, 6) is 1.09. The first-order valence-electron chi connectivity index (χ1n) is 30.3. The summed E-state index contributed by atoms with van der Waals surface area (Å²) < 4.78 is 48.9. The zero-order valence-corrected chi connectivity index (χ0v) is 45.3. The Hall–Kier alpha value is -5.06. The zero-order valence-electron chi connectivity index (χ0n) is 49.4. The van der Waals surface area contributed by atoms with Crippen molar-refractivity contribution in [3.8, 4) is 11.1 Å². The van der Waals surface area contributed by atoms with Crippen molar-refractivity contribution >= 4 is 78.0 Å². The van der Waals surface area contributed by atoms with Gasteiger partial charge in [-0.2, -0.15) is 0 Å². The Morgan fingerprint density at radius 2 is 0.986 bits per heavy atom. The standard InChI is InChI=1S/C68H73BN2S/c1-63(2)24-26-65(5,6)51-34-44(20-22-49(51)63)70-56-38-47-42-18-16-41(17-19-42)46(47)37-55(56)69-60-57(70)32-43(40-14-12-11-13-15-40)33-58(60)71(45-21-23-50-52(35-45)66(7,8)27-25-64(50,3)4)61-48-36-53-54(39-59(48)72-62(61)69)68(10)30-28-67(53,9)29-31-68/h11-15,20-23,32-39,41-42H,16-19,24-31H2,1-10H3/i11D,12D,13D,14D,15D. The lowest BCUT2D eigenvalue weighted by molar-refractivity contribution is 0.188. The molecule has 72 heavy (non-hydrogen) atoms. The van der Waals surface area contributed by atoms with Crippen LogP contribution >= 0.6 is 11.3 Å². The quantitative estimate of drug-likeness (QED) is 0.163. The first kappa shape index (κ1) is 39.4. The Morgan fingerprint density at radius 3 is 1.56 bits per heavy atom. The highest BCUT2D eigenvalue weighted by molar-refractivity contribution is 7.33. The van der Waals surface area contributed by atoms with E-state index in [0.29, 0.717) is 17.4 Å². The van der Waals surface area contributed by atoms with Crippen LogP contribution in [0.2, 0.25) is 0 Å². The normalized spacial score (nSPS) is 27.8. The summed E-state index contributed by atoms with van der Waals surface area (Å²) in [5.41, 5.74) is 22.3. The predicted molar refractivity (Wildman–Crippen MR) is 309 cm³/mol. The van der Waals surface area contributed by atoms with Gasteiger partial charge in [-0.1, -0.05) is 118 Å². The predicted octanol–water partition coefficient (Wildman–Crippen LogP) is 17.2. The SMILES string of the molecule is [2H]c1c([2H])c([2H])c(-c2cc3c4c(c2)N(c2ccc5c(c2)C(C)(C)CCC5(C)C)c2c(sc5cc6c(cc25)C2(C)CCC6(C)CC2)B4c2cc4c(cc2N3c2ccc3c(c2)C(C)(C)CCC3(C)C)C2CCC4CC2)c([2H])c1[2H]. The summed E-state index contributed by atoms with van der Waals surface area (Å²) in [6.07, 6.45) is 14.3. The Bertz CT molecular complexity index is 3780. The molecule has 0 atom stereocenters. The fourth-order valence-corrected chi connectivity index (χ4v) is 17.8. The highest BCUT2D eigenvalue weighted by Gasteiger charge is 2.51. The summed E-state index contributed by atoms with van der Waals surface area (Å²) in [6, 6.07) is 28.3. The summed E-state index contributed by atoms with van der Waals surface area (Å²) in [7, 11) is 0. The van der Waals surface area contributed by atoms with Crippen LogP contribution in [0.1, 0.15) is 209 Å². The van der Waals surface area contributed by atoms with E-state index in [4.69, 9.17) is 4.11 Å². The van der Waals surface area contributed by atoms with Gasteiger partial charge in [0.15, 0.2) is 0 Å². The molecular formula is C68H73BN2S. The van der Waals surface area contributed by atoms with Crippen LogP contribution in [0.3, 0.4) is 0 Å². The van der Waals surface area contributed by atoms with Gasteiger partial charge in [0, 0.05) is 43.3 Å². The van der Waals surface area contributed by atoms with Crippen LogP contribution in [0.25, 0.3) is 21.2 Å². The average Bonchev–Trinajstić information content (AvgIpc) is 4.08. The van der Waals surface area contributed by atoms with Gasteiger partial charge in [-0.25, -0.2) is 0 Å². The van der Waals surface area contributed by atoms with E-state index in [1.165, 1.54) is 122 Å². The Kier molecular flexibility index (Phi) is 7.89. The molecule has 3 heterocycles. The van der Waals surface area contributed by atoms with Gasteiger partial charge in [-0.05, 0) is 243 Å². The van der Waals surface area contributed by atoms with Gasteiger partial charge < -0.3 is 9.80 Å². The topological polar surface area (TPSA) is 6.48 Å². The van der Waals surface area contributed by atoms with Gasteiger partial charge in [0.2, 0.25) is 0 Å². The van der Waals surface area contributed by atoms with Crippen LogP contribution < -0.4 is 25.5 Å². The minimum absolute atomic E-state index is 0.0298. The second-order valence-electron chi connectivity index (χ2n) is 27.4. The molecule has 2 nitrogen and oxygen atoms in total. The lowest BCUT2D eigenvalue weighted by Crippen LogP contribution is -2.60. The van der Waals surface area contributed by atoms with E-state index in [9.17, 15) is 2.74 Å². The molecule has 0 radical (unpaired) electrons. The van der Waals surface area contributed by atoms with Crippen molar-refractivity contribution in [2.75, 3.05) is 9.80 Å². The van der Waals surface area contributed by atoms with Crippen LogP contribution in [0.4, 0.5) is 34.1 Å². The molecule has 364 valence electrons. The van der Waals surface area contributed by atoms with Crippen LogP contribution in [-0.4, -0.2) is 6.71 Å². The van der Waals surface area contributed by atoms with Crippen LogP contribution in [0.5, 0.6) is 0 Å². The molecule has 2 saturated carbocycles. The van der Waals surface area contributed by atoms with Gasteiger partial charge in [-0.15, -0.1) is 11.3 Å². The summed E-state index contributed by atoms with van der Waals surface area (Å²) in [4.78, 5) is 5.16. The third-order valence-electron chi connectivity index (χ3n) is 21.3. The molecule has 0 saturated heterocycles. The van der Waals surface area contributed by atoms with E-state index >= 15 is 0 Å². The number of nitrogens with zero attached hydrogens (tertiary/aromatic N) is 2. The maximum Gasteiger partial charge on any atom is 0.264 e. The molecule has 17 rings (SSSR count). The Labute approximate surface area is 441 Å². The molecule has 0 N–H and O–H groups in total. The Balaban J connectivity index is 1.11. The van der Waals surface area contributed by atoms with Gasteiger partial charge in [0.25, 0.3) is 6.71 Å². The molecule has 0 amide bonds. The fourth-order valence-electron chi connectivity index (χ4n) is 16.4. The smallest absolute Gasteiger partial charge is 0.264 e. The summed E-state index contributed by atoms with van der Waals surface area (Å²) in [6.45, 7) is 24.3. The second kappa shape index (κ2) is 14.4. The van der Waals surface area contributed by atoms with Crippen LogP contribution in [-0.2, 0) is 32.5 Å². The van der Waals surface area contributed by atoms with E-state index in [1.54, 1.807) is 11.1 Å². The molecule has 10 aliphatic rings. The number of fused-ring (bicyclic) bond motifs is 12. The third kappa shape index (κ3) is 5.97. The molecule has 4 bridgehead atoms. The van der Waals surface area contributed by atoms with Crippen molar-refractivity contribution in [1.29, 1.82) is 0 Å². The number of hydrogen-bond acceptors (Lipinski definition) is 3. The minimum Gasteiger partial charge on any atom is -0.311 e. The maximum atomic E-state index is 9.63. The number of rotatable bonds is 3. The first-order chi connectivity index (χ1) is 36.4. The largest absolute Gasteiger partial charge is 0.311 e. The number of hydrogen-bond donors (Lipinski definition) is 0. The molecule has 4 heteroatoms. The van der Waals surface area contributed by atoms with E-state index in [0.717, 1.165) is 48.4 Å². The molecule has 2 fully saturated rings. The van der Waals surface area contributed by atoms with E-state index in [-0.39, 0.29) is 75.0 Å². The molecule has 7 aromatic rings. The highest BCUT2D eigenvalue weighted by Crippen LogP contribution is 2.60. The lowest BCUT2D eigenvalue weighted by Gasteiger charge is -2.52. The van der Waals surface area contributed by atoms with Crippen molar-refractivity contribution in [3.05, 3.63) is 148 Å². The maximum absolute atomic E-state index is 9.63. The van der Waals surface area contributed by atoms with Crippen molar-refractivity contribution < 1.29 is 6.85 Å². The van der Waals surface area contributed by atoms with Crippen molar-refractivity contribution in [2.45, 2.75) is 191 Å². The molecule has 1 aromatic heterocycles. The number of benzene rings is 6. The number of thiophene rings is 1. The molecular weight excluding hydrogens is 888 g/mol. The zero-order chi connectivity index (χ0) is 53.6. The summed E-state index contributed by atoms with van der Waals surface area (Å²) >= 11 is 2.01. The van der Waals surface area contributed by atoms with E-state index in [2.05, 4.69) is 152 Å². The molecule has 6 aromatic carbocycles. The van der Waals surface area contributed by atoms with Gasteiger partial charge in [0.1, 0.15) is 0 Å². The van der Waals surface area contributed by atoms with Gasteiger partial charge in [-0.3, -0.25) is 0 Å². The molecule has 0 spiro atoms.